The quantitative estimate of drug-likeness (QED) is 0.125. The van der Waals surface area contributed by atoms with Gasteiger partial charge in [-0.05, 0) is 116 Å². The van der Waals surface area contributed by atoms with Crippen molar-refractivity contribution in [3.8, 4) is 6.07 Å². The number of rotatable bonds is 10. The van der Waals surface area contributed by atoms with Gasteiger partial charge in [-0.1, -0.05) is 69.6 Å². The third-order valence-corrected chi connectivity index (χ3v) is 14.5. The Kier molecular flexibility index (Phi) is 14.0. The summed E-state index contributed by atoms with van der Waals surface area (Å²) in [7, 11) is -3.78. The molecule has 2 bridgehead atoms. The van der Waals surface area contributed by atoms with Crippen LogP contribution in [0.2, 0.25) is 0 Å². The highest BCUT2D eigenvalue weighted by Crippen LogP contribution is 2.39. The molecule has 2 aromatic heterocycles. The fourth-order valence-corrected chi connectivity index (χ4v) is 11.2. The average Bonchev–Trinajstić information content (AvgIpc) is 3.36. The zero-order valence-corrected chi connectivity index (χ0v) is 34.7. The predicted octanol–water partition coefficient (Wildman–Crippen LogP) is 8.42. The first-order valence-electron chi connectivity index (χ1n) is 21.5. The molecule has 3 fully saturated rings. The van der Waals surface area contributed by atoms with Crippen molar-refractivity contribution in [3.05, 3.63) is 138 Å². The Labute approximate surface area is 349 Å². The molecular formula is C48H56N6O4S. The van der Waals surface area contributed by atoms with E-state index in [0.29, 0.717) is 60.1 Å². The summed E-state index contributed by atoms with van der Waals surface area (Å²) in [5.74, 6) is 0.398. The minimum Gasteiger partial charge on any atom is -0.357 e. The van der Waals surface area contributed by atoms with E-state index in [2.05, 4.69) is 21.4 Å². The van der Waals surface area contributed by atoms with Gasteiger partial charge in [-0.2, -0.15) is 9.57 Å². The van der Waals surface area contributed by atoms with E-state index in [1.807, 2.05) is 30.3 Å². The van der Waals surface area contributed by atoms with E-state index < -0.39 is 15.6 Å². The fourth-order valence-electron chi connectivity index (χ4n) is 9.48. The zero-order chi connectivity index (χ0) is 41.1. The molecule has 1 N–H and O–H groups in total. The number of nitrogens with one attached hydrogen (secondary N) is 1. The van der Waals surface area contributed by atoms with E-state index >= 15 is 4.79 Å². The van der Waals surface area contributed by atoms with Crippen LogP contribution < -0.4 is 5.32 Å². The number of hydrogen-bond acceptors (Lipinski definition) is 8. The highest BCUT2D eigenvalue weighted by atomic mass is 32.2. The van der Waals surface area contributed by atoms with Gasteiger partial charge in [-0.15, -0.1) is 0 Å². The van der Waals surface area contributed by atoms with Crippen molar-refractivity contribution in [2.24, 2.45) is 11.8 Å². The van der Waals surface area contributed by atoms with E-state index in [-0.39, 0.29) is 23.7 Å². The summed E-state index contributed by atoms with van der Waals surface area (Å²) in [5, 5.41) is 13.0. The van der Waals surface area contributed by atoms with Gasteiger partial charge in [-0.3, -0.25) is 24.5 Å². The minimum atomic E-state index is -3.78. The number of aromatic nitrogens is 2. The van der Waals surface area contributed by atoms with Crippen LogP contribution in [0.5, 0.6) is 0 Å². The van der Waals surface area contributed by atoms with Crippen LogP contribution in [-0.4, -0.2) is 64.0 Å². The first-order chi connectivity index (χ1) is 28.7. The van der Waals surface area contributed by atoms with Crippen molar-refractivity contribution in [2.45, 2.75) is 113 Å². The lowest BCUT2D eigenvalue weighted by Crippen LogP contribution is -2.51. The molecule has 308 valence electrons. The second-order valence-corrected chi connectivity index (χ2v) is 18.6. The molecule has 10 nitrogen and oxygen atoms in total. The highest BCUT2D eigenvalue weighted by molar-refractivity contribution is 7.89. The number of hydrogen-bond donors (Lipinski definition) is 1. The highest BCUT2D eigenvalue weighted by Gasteiger charge is 2.50. The van der Waals surface area contributed by atoms with Crippen LogP contribution in [0.3, 0.4) is 0 Å². The van der Waals surface area contributed by atoms with Crippen LogP contribution in [0.1, 0.15) is 111 Å². The molecule has 11 heteroatoms. The lowest BCUT2D eigenvalue weighted by molar-refractivity contribution is -0.132. The van der Waals surface area contributed by atoms with Crippen LogP contribution >= 0.6 is 0 Å². The fraction of sp³-hybridized carbons (Fsp3) is 0.438. The van der Waals surface area contributed by atoms with Crippen molar-refractivity contribution in [2.75, 3.05) is 13.1 Å². The number of pyridine rings is 2. The Morgan fingerprint density at radius 2 is 1.39 bits per heavy atom. The van der Waals surface area contributed by atoms with Gasteiger partial charge < -0.3 is 5.32 Å². The van der Waals surface area contributed by atoms with Gasteiger partial charge in [0.05, 0.1) is 16.5 Å². The van der Waals surface area contributed by atoms with Crippen LogP contribution in [0.25, 0.3) is 0 Å². The molecule has 3 unspecified atom stereocenters. The molecule has 4 aromatic rings. The molecule has 2 saturated heterocycles. The second kappa shape index (κ2) is 19.7. The number of nitrogens with zero attached hydrogens (tertiary/aromatic N) is 5. The third kappa shape index (κ3) is 10.5. The first kappa shape index (κ1) is 42.0. The lowest BCUT2D eigenvalue weighted by atomic mass is 9.84. The first-order valence-corrected chi connectivity index (χ1v) is 22.9. The van der Waals surface area contributed by atoms with E-state index in [9.17, 15) is 18.5 Å². The monoisotopic (exact) mass is 812 g/mol. The molecule has 0 radical (unpaired) electrons. The number of amides is 1. The van der Waals surface area contributed by atoms with Crippen LogP contribution in [0, 0.1) is 23.2 Å². The molecule has 1 saturated carbocycles. The summed E-state index contributed by atoms with van der Waals surface area (Å²) >= 11 is 0. The van der Waals surface area contributed by atoms with Crippen molar-refractivity contribution < 1.29 is 18.0 Å². The summed E-state index contributed by atoms with van der Waals surface area (Å²) < 4.78 is 30.9. The molecule has 2 aliphatic heterocycles. The molecule has 0 spiro atoms. The summed E-state index contributed by atoms with van der Waals surface area (Å²) in [4.78, 5) is 39.9. The Hall–Kier alpha value is -5.18. The predicted molar refractivity (Wildman–Crippen MR) is 228 cm³/mol. The molecule has 1 aliphatic carbocycles. The average molecular weight is 813 g/mol. The molecular weight excluding hydrogens is 757 g/mol. The molecule has 2 aromatic carbocycles. The number of allylic oxidation sites excluding steroid dienone is 1. The number of carbonyl (C=O) groups is 2. The van der Waals surface area contributed by atoms with Gasteiger partial charge >= 0.3 is 0 Å². The maximum atomic E-state index is 15.4. The van der Waals surface area contributed by atoms with Crippen molar-refractivity contribution in [3.63, 3.8) is 0 Å². The topological polar surface area (TPSA) is 136 Å². The van der Waals surface area contributed by atoms with Gasteiger partial charge in [-0.25, -0.2) is 8.42 Å². The molecule has 59 heavy (non-hydrogen) atoms. The maximum Gasteiger partial charge on any atom is 0.254 e. The molecule has 3 atom stereocenters. The number of carbonyl (C=O) groups excluding carboxylic acids is 2. The SMILES string of the molecule is N#Cc1ccc(C(=O)C=C2NC(Cc3ccncc3)(Cc3ccncc3)C(=O)N2CC2CC3CCCCCCCCCCN(S(=O)(=O)c4ccccc4)C(CC3)C2)cc1. The number of nitriles is 1. The van der Waals surface area contributed by atoms with Crippen molar-refractivity contribution >= 4 is 21.7 Å². The van der Waals surface area contributed by atoms with Crippen molar-refractivity contribution in [1.29, 1.82) is 5.26 Å². The Morgan fingerprint density at radius 1 is 0.780 bits per heavy atom. The van der Waals surface area contributed by atoms with Gasteiger partial charge in [0.1, 0.15) is 11.4 Å². The summed E-state index contributed by atoms with van der Waals surface area (Å²) in [6.07, 6.45) is 22.3. The van der Waals surface area contributed by atoms with Crippen LogP contribution in [0.15, 0.2) is 120 Å². The molecule has 7 rings (SSSR count). The minimum absolute atomic E-state index is 0.0225. The lowest BCUT2D eigenvalue weighted by Gasteiger charge is -2.33. The summed E-state index contributed by atoms with van der Waals surface area (Å²) in [6.45, 7) is 0.813. The summed E-state index contributed by atoms with van der Waals surface area (Å²) in [5.41, 5.74) is 1.60. The van der Waals surface area contributed by atoms with Gasteiger partial charge in [0, 0.05) is 68.4 Å². The number of fused-ring (bicyclic) bond motifs is 3. The van der Waals surface area contributed by atoms with E-state index in [1.54, 1.807) is 82.5 Å². The molecule has 4 heterocycles. The van der Waals surface area contributed by atoms with E-state index in [1.165, 1.54) is 31.8 Å². The van der Waals surface area contributed by atoms with Gasteiger partial charge in [0.25, 0.3) is 5.91 Å². The zero-order valence-electron chi connectivity index (χ0n) is 33.9. The summed E-state index contributed by atoms with van der Waals surface area (Å²) in [6, 6.07) is 24.9. The van der Waals surface area contributed by atoms with Crippen molar-refractivity contribution in [1.82, 2.24) is 24.5 Å². The molecule has 3 aliphatic rings. The smallest absolute Gasteiger partial charge is 0.254 e. The number of sulfonamides is 1. The van der Waals surface area contributed by atoms with Crippen LogP contribution in [0.4, 0.5) is 0 Å². The largest absolute Gasteiger partial charge is 0.357 e. The van der Waals surface area contributed by atoms with E-state index in [4.69, 9.17) is 0 Å². The standard InChI is InChI=1S/C48H56N6O4S/c49-35-40-15-18-42(19-16-40)45(55)32-46-52-48(33-38-21-25-50-26-22-38,34-39-23-27-51-28-24-39)47(56)53(46)36-41-30-37-12-8-5-3-1-2-4-6-11-29-54(43(31-41)20-17-37)59(57,58)44-13-9-7-10-14-44/h7,9-10,13-16,18-19,21-28,32,37,41,43,52H,1-6,8,11-12,17,20,29-31,33-34,36H2. The second-order valence-electron chi connectivity index (χ2n) is 16.8. The normalized spacial score (nSPS) is 22.8. The van der Waals surface area contributed by atoms with Gasteiger partial charge in [0.15, 0.2) is 5.78 Å². The Morgan fingerprint density at radius 3 is 2.02 bits per heavy atom. The van der Waals surface area contributed by atoms with E-state index in [0.717, 1.165) is 62.5 Å². The van der Waals surface area contributed by atoms with Gasteiger partial charge in [0.2, 0.25) is 10.0 Å². The number of ketones is 1. The number of benzene rings is 2. The Balaban J connectivity index is 1.27. The maximum absolute atomic E-state index is 15.4. The Bertz CT molecular complexity index is 2150. The molecule has 1 amide bonds. The third-order valence-electron chi connectivity index (χ3n) is 12.5. The van der Waals surface area contributed by atoms with Crippen LogP contribution in [-0.2, 0) is 27.7 Å².